The molecule has 0 aliphatic carbocycles. The number of rotatable bonds is 4. The van der Waals surface area contributed by atoms with Crippen LogP contribution in [0.2, 0.25) is 0 Å². The lowest BCUT2D eigenvalue weighted by Crippen LogP contribution is -2.10. The molecule has 2 nitrogen and oxygen atoms in total. The Hall–Kier alpha value is -1.87. The van der Waals surface area contributed by atoms with Crippen molar-refractivity contribution >= 4 is 0 Å². The first-order valence-corrected chi connectivity index (χ1v) is 7.11. The standard InChI is InChI=1S/C18H22FNO/c1-18(2,3)15-5-7-16(8-6-15)21-12-13-4-9-17(19)14(10-13)11-20/h4-10H,11-12,20H2,1-3H3. The Balaban J connectivity index is 2.03. The molecule has 0 aliphatic rings. The summed E-state index contributed by atoms with van der Waals surface area (Å²) < 4.78 is 19.1. The molecule has 112 valence electrons. The van der Waals surface area contributed by atoms with Gasteiger partial charge in [0.05, 0.1) is 0 Å². The third-order valence-electron chi connectivity index (χ3n) is 3.46. The Bertz CT molecular complexity index is 600. The van der Waals surface area contributed by atoms with E-state index in [2.05, 4.69) is 32.9 Å². The average Bonchev–Trinajstić information content (AvgIpc) is 2.46. The van der Waals surface area contributed by atoms with E-state index >= 15 is 0 Å². The van der Waals surface area contributed by atoms with E-state index in [0.29, 0.717) is 12.2 Å². The highest BCUT2D eigenvalue weighted by molar-refractivity contribution is 5.31. The van der Waals surface area contributed by atoms with Crippen molar-refractivity contribution in [3.8, 4) is 5.75 Å². The largest absolute Gasteiger partial charge is 0.489 e. The lowest BCUT2D eigenvalue weighted by Gasteiger charge is -2.19. The van der Waals surface area contributed by atoms with Crippen LogP contribution in [0.5, 0.6) is 5.75 Å². The molecule has 2 aromatic rings. The van der Waals surface area contributed by atoms with Gasteiger partial charge in [0.15, 0.2) is 0 Å². The van der Waals surface area contributed by atoms with E-state index in [0.717, 1.165) is 11.3 Å². The van der Waals surface area contributed by atoms with Crippen LogP contribution in [0.4, 0.5) is 4.39 Å². The van der Waals surface area contributed by atoms with Crippen molar-refractivity contribution in [2.24, 2.45) is 5.73 Å². The average molecular weight is 287 g/mol. The maximum Gasteiger partial charge on any atom is 0.127 e. The minimum Gasteiger partial charge on any atom is -0.489 e. The van der Waals surface area contributed by atoms with Crippen LogP contribution in [0.25, 0.3) is 0 Å². The zero-order chi connectivity index (χ0) is 15.5. The van der Waals surface area contributed by atoms with Gasteiger partial charge < -0.3 is 10.5 Å². The smallest absolute Gasteiger partial charge is 0.127 e. The Labute approximate surface area is 125 Å². The molecule has 0 fully saturated rings. The molecule has 0 aromatic heterocycles. The lowest BCUT2D eigenvalue weighted by atomic mass is 9.87. The van der Waals surface area contributed by atoms with Gasteiger partial charge in [0.25, 0.3) is 0 Å². The van der Waals surface area contributed by atoms with E-state index in [-0.39, 0.29) is 17.8 Å². The van der Waals surface area contributed by atoms with Crippen LogP contribution in [-0.2, 0) is 18.6 Å². The van der Waals surface area contributed by atoms with Gasteiger partial charge in [-0.2, -0.15) is 0 Å². The topological polar surface area (TPSA) is 35.2 Å². The fourth-order valence-corrected chi connectivity index (χ4v) is 2.09. The quantitative estimate of drug-likeness (QED) is 0.916. The second kappa shape index (κ2) is 6.27. The molecular formula is C18H22FNO. The van der Waals surface area contributed by atoms with Crippen LogP contribution < -0.4 is 10.5 Å². The highest BCUT2D eigenvalue weighted by atomic mass is 19.1. The van der Waals surface area contributed by atoms with Crippen LogP contribution >= 0.6 is 0 Å². The summed E-state index contributed by atoms with van der Waals surface area (Å²) in [6.45, 7) is 7.13. The summed E-state index contributed by atoms with van der Waals surface area (Å²) in [5, 5.41) is 0. The van der Waals surface area contributed by atoms with E-state index in [1.807, 2.05) is 12.1 Å². The summed E-state index contributed by atoms with van der Waals surface area (Å²) in [6, 6.07) is 13.0. The van der Waals surface area contributed by atoms with Crippen LogP contribution in [0, 0.1) is 5.82 Å². The fraction of sp³-hybridized carbons (Fsp3) is 0.333. The molecule has 21 heavy (non-hydrogen) atoms. The summed E-state index contributed by atoms with van der Waals surface area (Å²) in [4.78, 5) is 0. The van der Waals surface area contributed by atoms with Crippen LogP contribution in [0.1, 0.15) is 37.5 Å². The highest BCUT2D eigenvalue weighted by Gasteiger charge is 2.13. The van der Waals surface area contributed by atoms with Gasteiger partial charge in [-0.05, 0) is 40.8 Å². The molecule has 0 aliphatic heterocycles. The van der Waals surface area contributed by atoms with Crippen molar-refractivity contribution in [2.45, 2.75) is 39.3 Å². The summed E-state index contributed by atoms with van der Waals surface area (Å²) in [5.41, 5.74) is 8.33. The van der Waals surface area contributed by atoms with E-state index in [4.69, 9.17) is 10.5 Å². The van der Waals surface area contributed by atoms with Crippen molar-refractivity contribution in [2.75, 3.05) is 0 Å². The number of hydrogen-bond acceptors (Lipinski definition) is 2. The second-order valence-corrected chi connectivity index (χ2v) is 6.19. The molecular weight excluding hydrogens is 265 g/mol. The third-order valence-corrected chi connectivity index (χ3v) is 3.46. The van der Waals surface area contributed by atoms with Crippen molar-refractivity contribution in [1.29, 1.82) is 0 Å². The summed E-state index contributed by atoms with van der Waals surface area (Å²) >= 11 is 0. The van der Waals surface area contributed by atoms with Crippen LogP contribution in [-0.4, -0.2) is 0 Å². The maximum absolute atomic E-state index is 13.4. The molecule has 0 radical (unpaired) electrons. The van der Waals surface area contributed by atoms with Gasteiger partial charge in [-0.25, -0.2) is 4.39 Å². The Morgan fingerprint density at radius 2 is 1.71 bits per heavy atom. The van der Waals surface area contributed by atoms with Crippen molar-refractivity contribution in [3.05, 3.63) is 65.0 Å². The zero-order valence-corrected chi connectivity index (χ0v) is 12.8. The molecule has 0 heterocycles. The first-order chi connectivity index (χ1) is 9.90. The predicted octanol–water partition coefficient (Wildman–Crippen LogP) is 4.16. The minimum absolute atomic E-state index is 0.130. The lowest BCUT2D eigenvalue weighted by molar-refractivity contribution is 0.305. The molecule has 2 aromatic carbocycles. The van der Waals surface area contributed by atoms with Gasteiger partial charge in [0.2, 0.25) is 0 Å². The Morgan fingerprint density at radius 3 is 2.29 bits per heavy atom. The summed E-state index contributed by atoms with van der Waals surface area (Å²) in [6.07, 6.45) is 0. The number of hydrogen-bond donors (Lipinski definition) is 1. The van der Waals surface area contributed by atoms with Gasteiger partial charge in [-0.1, -0.05) is 39.0 Å². The first kappa shape index (κ1) is 15.5. The number of benzene rings is 2. The van der Waals surface area contributed by atoms with Crippen molar-refractivity contribution in [1.82, 2.24) is 0 Å². The molecule has 2 N–H and O–H groups in total. The first-order valence-electron chi connectivity index (χ1n) is 7.11. The molecule has 0 spiro atoms. The SMILES string of the molecule is CC(C)(C)c1ccc(OCc2ccc(F)c(CN)c2)cc1. The molecule has 0 atom stereocenters. The highest BCUT2D eigenvalue weighted by Crippen LogP contribution is 2.24. The van der Waals surface area contributed by atoms with E-state index in [1.54, 1.807) is 12.1 Å². The third kappa shape index (κ3) is 4.05. The molecule has 0 saturated heterocycles. The maximum atomic E-state index is 13.4. The molecule has 0 saturated carbocycles. The van der Waals surface area contributed by atoms with Gasteiger partial charge in [0.1, 0.15) is 18.2 Å². The van der Waals surface area contributed by atoms with E-state index in [1.165, 1.54) is 11.6 Å². The summed E-state index contributed by atoms with van der Waals surface area (Å²) in [5.74, 6) is 0.539. The van der Waals surface area contributed by atoms with Crippen LogP contribution in [0.15, 0.2) is 42.5 Å². The number of ether oxygens (including phenoxy) is 1. The van der Waals surface area contributed by atoms with Gasteiger partial charge >= 0.3 is 0 Å². The van der Waals surface area contributed by atoms with Crippen LogP contribution in [0.3, 0.4) is 0 Å². The number of halogens is 1. The van der Waals surface area contributed by atoms with Crippen molar-refractivity contribution < 1.29 is 9.13 Å². The van der Waals surface area contributed by atoms with Gasteiger partial charge in [0, 0.05) is 12.1 Å². The monoisotopic (exact) mass is 287 g/mol. The molecule has 2 rings (SSSR count). The Kier molecular flexibility index (Phi) is 4.63. The number of nitrogens with two attached hydrogens (primary N) is 1. The summed E-state index contributed by atoms with van der Waals surface area (Å²) in [7, 11) is 0. The predicted molar refractivity (Wildman–Crippen MR) is 83.8 cm³/mol. The minimum atomic E-state index is -0.268. The normalized spacial score (nSPS) is 11.5. The second-order valence-electron chi connectivity index (χ2n) is 6.19. The van der Waals surface area contributed by atoms with Crippen molar-refractivity contribution in [3.63, 3.8) is 0 Å². The van der Waals surface area contributed by atoms with Gasteiger partial charge in [-0.15, -0.1) is 0 Å². The molecule has 0 bridgehead atoms. The van der Waals surface area contributed by atoms with E-state index < -0.39 is 0 Å². The molecule has 0 amide bonds. The Morgan fingerprint density at radius 1 is 1.05 bits per heavy atom. The van der Waals surface area contributed by atoms with E-state index in [9.17, 15) is 4.39 Å². The van der Waals surface area contributed by atoms with Gasteiger partial charge in [-0.3, -0.25) is 0 Å². The fourth-order valence-electron chi connectivity index (χ4n) is 2.09. The zero-order valence-electron chi connectivity index (χ0n) is 12.8. The molecule has 0 unspecified atom stereocenters. The molecule has 3 heteroatoms.